The molecule has 8 heteroatoms. The first-order valence-electron chi connectivity index (χ1n) is 7.24. The Bertz CT molecular complexity index is 792. The lowest BCUT2D eigenvalue weighted by Crippen LogP contribution is -2.24. The maximum atomic E-state index is 5.27. The minimum Gasteiger partial charge on any atom is -0.339 e. The summed E-state index contributed by atoms with van der Waals surface area (Å²) in [5, 5.41) is 11.6. The van der Waals surface area contributed by atoms with Crippen LogP contribution in [0.25, 0.3) is 5.78 Å². The smallest absolute Gasteiger partial charge is 0.252 e. The van der Waals surface area contributed by atoms with E-state index in [1.165, 1.54) is 0 Å². The van der Waals surface area contributed by atoms with E-state index in [4.69, 9.17) is 4.52 Å². The van der Waals surface area contributed by atoms with Crippen molar-refractivity contribution in [1.82, 2.24) is 35.0 Å². The summed E-state index contributed by atoms with van der Waals surface area (Å²) in [5.41, 5.74) is 1.92. The third-order valence-electron chi connectivity index (χ3n) is 3.46. The van der Waals surface area contributed by atoms with Gasteiger partial charge in [-0.05, 0) is 33.9 Å². The lowest BCUT2D eigenvalue weighted by atomic mass is 10.2. The fourth-order valence-corrected chi connectivity index (χ4v) is 2.24. The summed E-state index contributed by atoms with van der Waals surface area (Å²) in [6, 6.07) is 2.27. The maximum absolute atomic E-state index is 5.27. The second-order valence-corrected chi connectivity index (χ2v) is 5.45. The van der Waals surface area contributed by atoms with E-state index in [9.17, 15) is 0 Å². The molecule has 3 rings (SSSR count). The summed E-state index contributed by atoms with van der Waals surface area (Å²) >= 11 is 0. The van der Waals surface area contributed by atoms with Crippen molar-refractivity contribution in [3.8, 4) is 0 Å². The molecule has 0 bridgehead atoms. The molecule has 3 aromatic rings. The van der Waals surface area contributed by atoms with E-state index in [0.29, 0.717) is 35.8 Å². The van der Waals surface area contributed by atoms with E-state index in [1.54, 1.807) is 4.52 Å². The third-order valence-corrected chi connectivity index (χ3v) is 3.46. The Morgan fingerprint density at radius 1 is 1.23 bits per heavy atom. The predicted molar refractivity (Wildman–Crippen MR) is 79.6 cm³/mol. The molecule has 0 aliphatic rings. The predicted octanol–water partition coefficient (Wildman–Crippen LogP) is 0.865. The van der Waals surface area contributed by atoms with Gasteiger partial charge >= 0.3 is 0 Å². The fraction of sp³-hybridized carbons (Fsp3) is 0.500. The molecule has 1 unspecified atom stereocenters. The van der Waals surface area contributed by atoms with E-state index >= 15 is 0 Å². The quantitative estimate of drug-likeness (QED) is 0.747. The molecule has 0 amide bonds. The first kappa shape index (κ1) is 14.6. The van der Waals surface area contributed by atoms with Crippen molar-refractivity contribution in [3.63, 3.8) is 0 Å². The Balaban J connectivity index is 1.80. The first-order valence-corrected chi connectivity index (χ1v) is 7.24. The molecule has 0 aliphatic heterocycles. The van der Waals surface area contributed by atoms with Gasteiger partial charge in [0.2, 0.25) is 5.89 Å². The van der Waals surface area contributed by atoms with Gasteiger partial charge in [0.15, 0.2) is 11.6 Å². The number of nitrogens with one attached hydrogen (secondary N) is 1. The Hall–Kier alpha value is -2.35. The maximum Gasteiger partial charge on any atom is 0.252 e. The van der Waals surface area contributed by atoms with Crippen molar-refractivity contribution in [1.29, 1.82) is 0 Å². The topological polar surface area (TPSA) is 94.0 Å². The Morgan fingerprint density at radius 3 is 2.82 bits per heavy atom. The lowest BCUT2D eigenvalue weighted by Gasteiger charge is -2.04. The minimum atomic E-state index is 0.300. The molecule has 0 aromatic carbocycles. The largest absolute Gasteiger partial charge is 0.339 e. The summed E-state index contributed by atoms with van der Waals surface area (Å²) in [4.78, 5) is 13.2. The molecule has 3 aromatic heterocycles. The highest BCUT2D eigenvalue weighted by atomic mass is 16.5. The molecule has 1 N–H and O–H groups in total. The van der Waals surface area contributed by atoms with E-state index in [2.05, 4.69) is 37.4 Å². The minimum absolute atomic E-state index is 0.300. The standard InChI is InChI=1S/C14H19N7O/c1-8(15-4)6-12-17-13(22-20-12)7-11-18-14-16-9(2)5-10(3)21(14)19-11/h5,8,15H,6-7H2,1-4H3. The zero-order chi connectivity index (χ0) is 15.7. The van der Waals surface area contributed by atoms with Gasteiger partial charge in [-0.25, -0.2) is 9.50 Å². The molecular formula is C14H19N7O. The van der Waals surface area contributed by atoms with Crippen LogP contribution in [0.15, 0.2) is 10.6 Å². The summed E-state index contributed by atoms with van der Waals surface area (Å²) in [5.74, 6) is 2.42. The van der Waals surface area contributed by atoms with Crippen LogP contribution in [0, 0.1) is 13.8 Å². The normalized spacial score (nSPS) is 12.9. The van der Waals surface area contributed by atoms with Gasteiger partial charge in [-0.2, -0.15) is 9.97 Å². The number of aryl methyl sites for hydroxylation is 2. The fourth-order valence-electron chi connectivity index (χ4n) is 2.24. The van der Waals surface area contributed by atoms with Crippen molar-refractivity contribution < 1.29 is 4.52 Å². The molecule has 0 saturated carbocycles. The van der Waals surface area contributed by atoms with Gasteiger partial charge in [0, 0.05) is 23.9 Å². The van der Waals surface area contributed by atoms with Gasteiger partial charge in [0.05, 0.1) is 6.42 Å². The van der Waals surface area contributed by atoms with Crippen molar-refractivity contribution in [2.45, 2.75) is 39.7 Å². The highest BCUT2D eigenvalue weighted by Crippen LogP contribution is 2.09. The second-order valence-electron chi connectivity index (χ2n) is 5.45. The third kappa shape index (κ3) is 2.96. The molecule has 0 radical (unpaired) electrons. The Morgan fingerprint density at radius 2 is 2.05 bits per heavy atom. The van der Waals surface area contributed by atoms with Gasteiger partial charge < -0.3 is 9.84 Å². The highest BCUT2D eigenvalue weighted by Gasteiger charge is 2.14. The Kier molecular flexibility index (Phi) is 3.84. The van der Waals surface area contributed by atoms with Gasteiger partial charge in [0.1, 0.15) is 0 Å². The van der Waals surface area contributed by atoms with Gasteiger partial charge in [-0.1, -0.05) is 5.16 Å². The summed E-state index contributed by atoms with van der Waals surface area (Å²) in [7, 11) is 1.91. The molecular weight excluding hydrogens is 282 g/mol. The van der Waals surface area contributed by atoms with Gasteiger partial charge in [-0.3, -0.25) is 0 Å². The molecule has 3 heterocycles. The number of likely N-dealkylation sites (N-methyl/N-ethyl adjacent to an activating group) is 1. The molecule has 1 atom stereocenters. The molecule has 22 heavy (non-hydrogen) atoms. The van der Waals surface area contributed by atoms with Crippen LogP contribution in [0.3, 0.4) is 0 Å². The molecule has 0 saturated heterocycles. The number of hydrogen-bond acceptors (Lipinski definition) is 7. The lowest BCUT2D eigenvalue weighted by molar-refractivity contribution is 0.375. The molecule has 0 spiro atoms. The number of aromatic nitrogens is 6. The second kappa shape index (κ2) is 5.80. The van der Waals surface area contributed by atoms with Crippen molar-refractivity contribution >= 4 is 5.78 Å². The van der Waals surface area contributed by atoms with Crippen LogP contribution < -0.4 is 5.32 Å². The van der Waals surface area contributed by atoms with Crippen molar-refractivity contribution in [2.24, 2.45) is 0 Å². The van der Waals surface area contributed by atoms with Crippen LogP contribution in [0.4, 0.5) is 0 Å². The van der Waals surface area contributed by atoms with Crippen LogP contribution in [-0.2, 0) is 12.8 Å². The summed E-state index contributed by atoms with van der Waals surface area (Å²) < 4.78 is 6.99. The number of fused-ring (bicyclic) bond motifs is 1. The van der Waals surface area contributed by atoms with Crippen LogP contribution >= 0.6 is 0 Å². The molecule has 116 valence electrons. The SMILES string of the molecule is CNC(C)Cc1noc(Cc2nc3nc(C)cc(C)n3n2)n1. The van der Waals surface area contributed by atoms with Crippen LogP contribution in [-0.4, -0.2) is 42.8 Å². The zero-order valence-electron chi connectivity index (χ0n) is 13.2. The van der Waals surface area contributed by atoms with Crippen molar-refractivity contribution in [2.75, 3.05) is 7.05 Å². The van der Waals surface area contributed by atoms with E-state index in [1.807, 2.05) is 27.0 Å². The van der Waals surface area contributed by atoms with E-state index in [-0.39, 0.29) is 0 Å². The van der Waals surface area contributed by atoms with Gasteiger partial charge in [0.25, 0.3) is 5.78 Å². The summed E-state index contributed by atoms with van der Waals surface area (Å²) in [6.45, 7) is 5.98. The molecule has 0 fully saturated rings. The monoisotopic (exact) mass is 301 g/mol. The zero-order valence-corrected chi connectivity index (χ0v) is 13.2. The highest BCUT2D eigenvalue weighted by molar-refractivity contribution is 5.31. The average Bonchev–Trinajstić information content (AvgIpc) is 3.06. The summed E-state index contributed by atoms with van der Waals surface area (Å²) in [6.07, 6.45) is 1.13. The van der Waals surface area contributed by atoms with E-state index < -0.39 is 0 Å². The van der Waals surface area contributed by atoms with Crippen LogP contribution in [0.1, 0.15) is 35.9 Å². The Labute approximate surface area is 128 Å². The first-order chi connectivity index (χ1) is 10.5. The average molecular weight is 301 g/mol. The van der Waals surface area contributed by atoms with Crippen LogP contribution in [0.5, 0.6) is 0 Å². The van der Waals surface area contributed by atoms with Crippen molar-refractivity contribution in [3.05, 3.63) is 35.0 Å². The van der Waals surface area contributed by atoms with E-state index in [0.717, 1.165) is 17.8 Å². The number of nitrogens with zero attached hydrogens (tertiary/aromatic N) is 6. The number of hydrogen-bond donors (Lipinski definition) is 1. The molecule has 0 aliphatic carbocycles. The number of rotatable bonds is 5. The van der Waals surface area contributed by atoms with Crippen LogP contribution in [0.2, 0.25) is 0 Å². The molecule has 8 nitrogen and oxygen atoms in total. The van der Waals surface area contributed by atoms with Gasteiger partial charge in [-0.15, -0.1) is 5.10 Å².